The van der Waals surface area contributed by atoms with Crippen LogP contribution in [0.5, 0.6) is 0 Å². The first-order valence-electron chi connectivity index (χ1n) is 5.83. The van der Waals surface area contributed by atoms with Crippen LogP contribution in [0.3, 0.4) is 0 Å². The number of hydrogen-bond donors (Lipinski definition) is 4. The molecule has 8 nitrogen and oxygen atoms in total. The van der Waals surface area contributed by atoms with Crippen molar-refractivity contribution < 1.29 is 13.2 Å². The van der Waals surface area contributed by atoms with E-state index in [4.69, 9.17) is 5.84 Å². The van der Waals surface area contributed by atoms with Crippen LogP contribution in [0.25, 0.3) is 0 Å². The molecule has 10 heteroatoms. The molecule has 0 atom stereocenters. The lowest BCUT2D eigenvalue weighted by atomic mass is 10.5. The molecule has 1 fully saturated rings. The van der Waals surface area contributed by atoms with E-state index in [-0.39, 0.29) is 29.2 Å². The number of nitrogens with zero attached hydrogens (tertiary/aromatic N) is 1. The Balaban J connectivity index is 2.08. The summed E-state index contributed by atoms with van der Waals surface area (Å²) in [7, 11) is -3.88. The maximum atomic E-state index is 12.1. The van der Waals surface area contributed by atoms with E-state index in [9.17, 15) is 13.2 Å². The average Bonchev–Trinajstić information content (AvgIpc) is 3.20. The van der Waals surface area contributed by atoms with Gasteiger partial charge in [-0.2, -0.15) is 0 Å². The number of aromatic nitrogens is 1. The second-order valence-electron chi connectivity index (χ2n) is 4.31. The van der Waals surface area contributed by atoms with Gasteiger partial charge in [-0.1, -0.05) is 0 Å². The molecule has 1 aliphatic rings. The van der Waals surface area contributed by atoms with Crippen molar-refractivity contribution in [1.82, 2.24) is 15.0 Å². The number of pyridine rings is 1. The molecule has 0 aromatic carbocycles. The van der Waals surface area contributed by atoms with Gasteiger partial charge in [-0.15, -0.1) is 0 Å². The number of nitrogen functional groups attached to an aromatic ring is 1. The zero-order valence-corrected chi connectivity index (χ0v) is 12.8. The number of hydrogen-bond acceptors (Lipinski definition) is 6. The van der Waals surface area contributed by atoms with E-state index in [0.717, 1.165) is 12.8 Å². The molecule has 1 aromatic rings. The van der Waals surface area contributed by atoms with Gasteiger partial charge in [0.1, 0.15) is 4.90 Å². The van der Waals surface area contributed by atoms with Crippen molar-refractivity contribution in [3.8, 4) is 0 Å². The molecular formula is C10H14BrN5O3S. The summed E-state index contributed by atoms with van der Waals surface area (Å²) in [6.45, 7) is -0.324. The summed E-state index contributed by atoms with van der Waals surface area (Å²) in [4.78, 5) is 15.2. The van der Waals surface area contributed by atoms with Crippen LogP contribution < -0.4 is 21.3 Å². The number of nitrogens with one attached hydrogen (secondary N) is 3. The Bertz CT molecular complexity index is 617. The zero-order valence-electron chi connectivity index (χ0n) is 10.4. The molecule has 0 unspecified atom stereocenters. The SMILES string of the molecule is NNc1ncc(Br)cc1S(=O)(=O)NCC(=O)NC1CC1. The molecule has 1 aromatic heterocycles. The van der Waals surface area contributed by atoms with E-state index in [1.165, 1.54) is 12.3 Å². The Morgan fingerprint density at radius 3 is 2.80 bits per heavy atom. The van der Waals surface area contributed by atoms with Crippen molar-refractivity contribution in [1.29, 1.82) is 0 Å². The van der Waals surface area contributed by atoms with Crippen LogP contribution in [0, 0.1) is 0 Å². The smallest absolute Gasteiger partial charge is 0.244 e. The minimum absolute atomic E-state index is 0.00306. The molecule has 5 N–H and O–H groups in total. The van der Waals surface area contributed by atoms with Crippen molar-refractivity contribution in [2.75, 3.05) is 12.0 Å². The zero-order chi connectivity index (χ0) is 14.8. The van der Waals surface area contributed by atoms with Gasteiger partial charge in [0.2, 0.25) is 15.9 Å². The number of halogens is 1. The summed E-state index contributed by atoms with van der Waals surface area (Å²) in [5, 5.41) is 2.69. The maximum Gasteiger partial charge on any atom is 0.244 e. The first kappa shape index (κ1) is 15.2. The lowest BCUT2D eigenvalue weighted by molar-refractivity contribution is -0.120. The molecular weight excluding hydrogens is 350 g/mol. The van der Waals surface area contributed by atoms with Crippen LogP contribution in [0.1, 0.15) is 12.8 Å². The Labute approximate surface area is 124 Å². The van der Waals surface area contributed by atoms with Gasteiger partial charge in [0, 0.05) is 16.7 Å². The summed E-state index contributed by atoms with van der Waals surface area (Å²) in [6.07, 6.45) is 3.29. The van der Waals surface area contributed by atoms with Crippen LogP contribution >= 0.6 is 15.9 Å². The molecule has 2 rings (SSSR count). The summed E-state index contributed by atoms with van der Waals surface area (Å²) in [5.74, 6) is 4.87. The van der Waals surface area contributed by atoms with Crippen LogP contribution in [0.2, 0.25) is 0 Å². The lowest BCUT2D eigenvalue weighted by Gasteiger charge is -2.10. The van der Waals surface area contributed by atoms with Gasteiger partial charge >= 0.3 is 0 Å². The third-order valence-corrected chi connectivity index (χ3v) is 4.46. The van der Waals surface area contributed by atoms with Gasteiger partial charge in [0.15, 0.2) is 5.82 Å². The molecule has 0 aliphatic heterocycles. The predicted octanol–water partition coefficient (Wildman–Crippen LogP) is -0.313. The van der Waals surface area contributed by atoms with Gasteiger partial charge < -0.3 is 10.7 Å². The topological polar surface area (TPSA) is 126 Å². The number of carbonyl (C=O) groups excluding carboxylic acids is 1. The van der Waals surface area contributed by atoms with Crippen molar-refractivity contribution in [3.63, 3.8) is 0 Å². The van der Waals surface area contributed by atoms with E-state index in [2.05, 4.69) is 36.4 Å². The van der Waals surface area contributed by atoms with Crippen LogP contribution in [0.15, 0.2) is 21.6 Å². The summed E-state index contributed by atoms with van der Waals surface area (Å²) < 4.78 is 26.9. The van der Waals surface area contributed by atoms with Crippen molar-refractivity contribution in [2.45, 2.75) is 23.8 Å². The second kappa shape index (κ2) is 6.04. The van der Waals surface area contributed by atoms with Gasteiger partial charge in [-0.05, 0) is 34.8 Å². The summed E-state index contributed by atoms with van der Waals surface area (Å²) in [6, 6.07) is 1.53. The molecule has 0 saturated heterocycles. The quantitative estimate of drug-likeness (QED) is 0.405. The van der Waals surface area contributed by atoms with E-state index < -0.39 is 10.0 Å². The largest absolute Gasteiger partial charge is 0.352 e. The Morgan fingerprint density at radius 2 is 2.20 bits per heavy atom. The fourth-order valence-electron chi connectivity index (χ4n) is 1.48. The number of amides is 1. The van der Waals surface area contributed by atoms with Crippen molar-refractivity contribution in [2.24, 2.45) is 5.84 Å². The Morgan fingerprint density at radius 1 is 1.50 bits per heavy atom. The summed E-state index contributed by atoms with van der Waals surface area (Å²) in [5.41, 5.74) is 2.21. The minimum Gasteiger partial charge on any atom is -0.352 e. The van der Waals surface area contributed by atoms with E-state index >= 15 is 0 Å². The minimum atomic E-state index is -3.88. The molecule has 1 heterocycles. The first-order valence-corrected chi connectivity index (χ1v) is 8.11. The van der Waals surface area contributed by atoms with Gasteiger partial charge in [-0.25, -0.2) is 24.0 Å². The molecule has 0 bridgehead atoms. The van der Waals surface area contributed by atoms with Crippen molar-refractivity contribution in [3.05, 3.63) is 16.7 Å². The van der Waals surface area contributed by atoms with E-state index in [0.29, 0.717) is 4.47 Å². The molecule has 0 radical (unpaired) electrons. The summed E-state index contributed by atoms with van der Waals surface area (Å²) >= 11 is 3.14. The highest BCUT2D eigenvalue weighted by atomic mass is 79.9. The standard InChI is InChI=1S/C10H14BrN5O3S/c11-6-3-8(10(16-12)13-4-6)20(18,19)14-5-9(17)15-7-1-2-7/h3-4,7,14H,1-2,5,12H2,(H,13,16)(H,15,17). The van der Waals surface area contributed by atoms with Gasteiger partial charge in [0.05, 0.1) is 6.54 Å². The number of hydrazine groups is 1. The number of sulfonamides is 1. The highest BCUT2D eigenvalue weighted by Gasteiger charge is 2.25. The molecule has 0 spiro atoms. The van der Waals surface area contributed by atoms with Crippen LogP contribution in [-0.4, -0.2) is 31.9 Å². The molecule has 20 heavy (non-hydrogen) atoms. The number of carbonyl (C=O) groups is 1. The Kier molecular flexibility index (Phi) is 4.58. The highest BCUT2D eigenvalue weighted by molar-refractivity contribution is 9.10. The number of nitrogens with two attached hydrogens (primary N) is 1. The van der Waals surface area contributed by atoms with Gasteiger partial charge in [0.25, 0.3) is 0 Å². The third kappa shape index (κ3) is 3.88. The molecule has 1 amide bonds. The van der Waals surface area contributed by atoms with Crippen LogP contribution in [-0.2, 0) is 14.8 Å². The molecule has 1 saturated carbocycles. The maximum absolute atomic E-state index is 12.1. The first-order chi connectivity index (χ1) is 9.42. The number of anilines is 1. The molecule has 110 valence electrons. The van der Waals surface area contributed by atoms with Gasteiger partial charge in [-0.3, -0.25) is 4.79 Å². The number of rotatable bonds is 6. The fraction of sp³-hybridized carbons (Fsp3) is 0.400. The average molecular weight is 364 g/mol. The highest BCUT2D eigenvalue weighted by Crippen LogP contribution is 2.22. The normalized spacial score (nSPS) is 14.9. The predicted molar refractivity (Wildman–Crippen MR) is 76.1 cm³/mol. The Hall–Kier alpha value is -1.23. The monoisotopic (exact) mass is 363 g/mol. The second-order valence-corrected chi connectivity index (χ2v) is 6.96. The van der Waals surface area contributed by atoms with E-state index in [1.54, 1.807) is 0 Å². The molecule has 1 aliphatic carbocycles. The fourth-order valence-corrected chi connectivity index (χ4v) is 3.09. The van der Waals surface area contributed by atoms with E-state index in [1.807, 2.05) is 0 Å². The van der Waals surface area contributed by atoms with Crippen LogP contribution in [0.4, 0.5) is 5.82 Å². The lowest BCUT2D eigenvalue weighted by Crippen LogP contribution is -2.38. The van der Waals surface area contributed by atoms with Crippen molar-refractivity contribution >= 4 is 37.7 Å². The third-order valence-electron chi connectivity index (χ3n) is 2.61.